The van der Waals surface area contributed by atoms with E-state index in [1.54, 1.807) is 18.9 Å². The fourth-order valence-corrected chi connectivity index (χ4v) is 3.86. The molecule has 1 heterocycles. The quantitative estimate of drug-likeness (QED) is 0.809. The Kier molecular flexibility index (Phi) is 4.15. The van der Waals surface area contributed by atoms with E-state index in [2.05, 4.69) is 18.2 Å². The molecular formula is C17H17NO2S. The van der Waals surface area contributed by atoms with Crippen LogP contribution >= 0.6 is 11.8 Å². The Morgan fingerprint density at radius 2 is 2.05 bits per heavy atom. The van der Waals surface area contributed by atoms with E-state index in [4.69, 9.17) is 4.74 Å². The Balaban J connectivity index is 1.92. The second-order valence-corrected chi connectivity index (χ2v) is 6.30. The summed E-state index contributed by atoms with van der Waals surface area (Å²) < 4.78 is 5.29. The van der Waals surface area contributed by atoms with Crippen molar-refractivity contribution < 1.29 is 9.53 Å². The number of fused-ring (bicyclic) bond motifs is 1. The molecule has 0 N–H and O–H groups in total. The number of ether oxygens (including phenoxy) is 1. The van der Waals surface area contributed by atoms with Gasteiger partial charge in [-0.3, -0.25) is 4.79 Å². The third-order valence-corrected chi connectivity index (χ3v) is 4.87. The summed E-state index contributed by atoms with van der Waals surface area (Å²) in [6, 6.07) is 16.5. The van der Waals surface area contributed by atoms with Crippen LogP contribution in [0.2, 0.25) is 0 Å². The zero-order valence-corrected chi connectivity index (χ0v) is 12.7. The van der Waals surface area contributed by atoms with E-state index in [0.29, 0.717) is 6.54 Å². The Bertz CT molecular complexity index is 630. The predicted molar refractivity (Wildman–Crippen MR) is 84.5 cm³/mol. The molecule has 0 aromatic heterocycles. The van der Waals surface area contributed by atoms with Crippen molar-refractivity contribution in [1.29, 1.82) is 0 Å². The van der Waals surface area contributed by atoms with Gasteiger partial charge in [-0.15, -0.1) is 11.8 Å². The second-order valence-electron chi connectivity index (χ2n) is 5.02. The molecule has 1 amide bonds. The molecule has 1 aliphatic rings. The minimum absolute atomic E-state index is 0.257. The number of nitrogens with zero attached hydrogens (tertiary/aromatic N) is 1. The molecule has 1 aliphatic heterocycles. The molecule has 2 aromatic carbocycles. The standard InChI is InChI=1S/C17H17NO2S/c1-20-14-7-8-16-13(9-14)10-18(12-19)11-17(16)21-15-5-3-2-4-6-15/h2-9,12,17H,10-11H2,1H3. The average molecular weight is 299 g/mol. The molecule has 4 heteroatoms. The molecule has 21 heavy (non-hydrogen) atoms. The van der Waals surface area contributed by atoms with Crippen molar-refractivity contribution in [1.82, 2.24) is 4.90 Å². The molecule has 0 saturated heterocycles. The summed E-state index contributed by atoms with van der Waals surface area (Å²) in [5.74, 6) is 0.838. The smallest absolute Gasteiger partial charge is 0.210 e. The number of rotatable bonds is 4. The maximum Gasteiger partial charge on any atom is 0.210 e. The lowest BCUT2D eigenvalue weighted by Crippen LogP contribution is -2.31. The third kappa shape index (κ3) is 3.05. The van der Waals surface area contributed by atoms with Crippen LogP contribution in [0.1, 0.15) is 16.4 Å². The minimum Gasteiger partial charge on any atom is -0.497 e. The van der Waals surface area contributed by atoms with Crippen molar-refractivity contribution in [2.75, 3.05) is 13.7 Å². The van der Waals surface area contributed by atoms with Gasteiger partial charge in [-0.1, -0.05) is 24.3 Å². The molecule has 0 saturated carbocycles. The number of hydrogen-bond acceptors (Lipinski definition) is 3. The van der Waals surface area contributed by atoms with Gasteiger partial charge in [0.15, 0.2) is 0 Å². The van der Waals surface area contributed by atoms with Crippen LogP contribution in [-0.2, 0) is 11.3 Å². The molecule has 1 unspecified atom stereocenters. The van der Waals surface area contributed by atoms with Gasteiger partial charge in [-0.05, 0) is 35.4 Å². The van der Waals surface area contributed by atoms with Gasteiger partial charge in [0.1, 0.15) is 5.75 Å². The summed E-state index contributed by atoms with van der Waals surface area (Å²) in [4.78, 5) is 14.2. The van der Waals surface area contributed by atoms with E-state index in [9.17, 15) is 4.79 Å². The number of carbonyl (C=O) groups is 1. The lowest BCUT2D eigenvalue weighted by molar-refractivity contribution is -0.118. The Labute approximate surface area is 128 Å². The fraction of sp³-hybridized carbons (Fsp3) is 0.235. The van der Waals surface area contributed by atoms with Crippen molar-refractivity contribution in [3.8, 4) is 5.75 Å². The highest BCUT2D eigenvalue weighted by atomic mass is 32.2. The Morgan fingerprint density at radius 1 is 1.24 bits per heavy atom. The second kappa shape index (κ2) is 6.22. The van der Waals surface area contributed by atoms with Crippen molar-refractivity contribution in [2.45, 2.75) is 16.7 Å². The maximum absolute atomic E-state index is 11.2. The molecular weight excluding hydrogens is 282 g/mol. The average Bonchev–Trinajstić information content (AvgIpc) is 2.55. The van der Waals surface area contributed by atoms with Crippen molar-refractivity contribution in [2.24, 2.45) is 0 Å². The van der Waals surface area contributed by atoms with Gasteiger partial charge < -0.3 is 9.64 Å². The van der Waals surface area contributed by atoms with Crippen LogP contribution in [0.3, 0.4) is 0 Å². The number of amides is 1. The van der Waals surface area contributed by atoms with E-state index in [1.807, 2.05) is 35.2 Å². The van der Waals surface area contributed by atoms with Crippen LogP contribution in [0, 0.1) is 0 Å². The summed E-state index contributed by atoms with van der Waals surface area (Å²) in [6.45, 7) is 1.39. The topological polar surface area (TPSA) is 29.5 Å². The van der Waals surface area contributed by atoms with Crippen molar-refractivity contribution >= 4 is 18.2 Å². The van der Waals surface area contributed by atoms with E-state index in [-0.39, 0.29) is 5.25 Å². The first-order chi connectivity index (χ1) is 10.3. The highest BCUT2D eigenvalue weighted by Gasteiger charge is 2.25. The van der Waals surface area contributed by atoms with Gasteiger partial charge in [0.05, 0.1) is 12.4 Å². The SMILES string of the molecule is COc1ccc2c(c1)CN(C=O)CC2Sc1ccccc1. The lowest BCUT2D eigenvalue weighted by Gasteiger charge is -2.32. The first-order valence-electron chi connectivity index (χ1n) is 6.88. The molecule has 0 bridgehead atoms. The predicted octanol–water partition coefficient (Wildman–Crippen LogP) is 3.50. The largest absolute Gasteiger partial charge is 0.497 e. The van der Waals surface area contributed by atoms with E-state index < -0.39 is 0 Å². The molecule has 0 fully saturated rings. The number of hydrogen-bond donors (Lipinski definition) is 0. The number of benzene rings is 2. The highest BCUT2D eigenvalue weighted by molar-refractivity contribution is 7.99. The monoisotopic (exact) mass is 299 g/mol. The minimum atomic E-state index is 0.257. The van der Waals surface area contributed by atoms with Gasteiger partial charge in [0.25, 0.3) is 0 Å². The zero-order chi connectivity index (χ0) is 14.7. The molecule has 0 aliphatic carbocycles. The molecule has 2 aromatic rings. The fourth-order valence-electron chi connectivity index (χ4n) is 2.60. The van der Waals surface area contributed by atoms with Crippen molar-refractivity contribution in [3.05, 3.63) is 59.7 Å². The number of carbonyl (C=O) groups excluding carboxylic acids is 1. The van der Waals surface area contributed by atoms with Crippen LogP contribution in [0.25, 0.3) is 0 Å². The van der Waals surface area contributed by atoms with Gasteiger partial charge in [-0.25, -0.2) is 0 Å². The van der Waals surface area contributed by atoms with Crippen LogP contribution in [0.4, 0.5) is 0 Å². The number of methoxy groups -OCH3 is 1. The van der Waals surface area contributed by atoms with Gasteiger partial charge in [0, 0.05) is 18.0 Å². The van der Waals surface area contributed by atoms with E-state index in [0.717, 1.165) is 18.7 Å². The van der Waals surface area contributed by atoms with Crippen LogP contribution < -0.4 is 4.74 Å². The van der Waals surface area contributed by atoms with Gasteiger partial charge >= 0.3 is 0 Å². The number of thioether (sulfide) groups is 1. The summed E-state index contributed by atoms with van der Waals surface area (Å²) >= 11 is 1.80. The molecule has 3 rings (SSSR count). The molecule has 1 atom stereocenters. The van der Waals surface area contributed by atoms with Gasteiger partial charge in [-0.2, -0.15) is 0 Å². The van der Waals surface area contributed by atoms with Crippen LogP contribution in [0.15, 0.2) is 53.4 Å². The van der Waals surface area contributed by atoms with Crippen LogP contribution in [0.5, 0.6) is 5.75 Å². The normalized spacial score (nSPS) is 17.2. The molecule has 108 valence electrons. The van der Waals surface area contributed by atoms with E-state index in [1.165, 1.54) is 16.0 Å². The summed E-state index contributed by atoms with van der Waals surface area (Å²) in [7, 11) is 1.66. The maximum atomic E-state index is 11.2. The molecule has 0 spiro atoms. The lowest BCUT2D eigenvalue weighted by atomic mass is 9.99. The van der Waals surface area contributed by atoms with E-state index >= 15 is 0 Å². The van der Waals surface area contributed by atoms with Gasteiger partial charge in [0.2, 0.25) is 6.41 Å². The first kappa shape index (κ1) is 14.0. The Hall–Kier alpha value is -1.94. The third-order valence-electron chi connectivity index (χ3n) is 3.64. The first-order valence-corrected chi connectivity index (χ1v) is 7.76. The van der Waals surface area contributed by atoms with Crippen LogP contribution in [-0.4, -0.2) is 25.0 Å². The van der Waals surface area contributed by atoms with Crippen molar-refractivity contribution in [3.63, 3.8) is 0 Å². The molecule has 3 nitrogen and oxygen atoms in total. The molecule has 0 radical (unpaired) electrons. The highest BCUT2D eigenvalue weighted by Crippen LogP contribution is 2.41. The summed E-state index contributed by atoms with van der Waals surface area (Å²) in [5, 5.41) is 0.257. The summed E-state index contributed by atoms with van der Waals surface area (Å²) in [5.41, 5.74) is 2.46. The summed E-state index contributed by atoms with van der Waals surface area (Å²) in [6.07, 6.45) is 0.932. The Morgan fingerprint density at radius 3 is 2.76 bits per heavy atom. The zero-order valence-electron chi connectivity index (χ0n) is 11.9.